The number of aromatic nitrogens is 7. The molecule has 4 aromatic heterocycles. The number of hydrogen-bond donors (Lipinski definition) is 1. The maximum absolute atomic E-state index is 11.8. The molecule has 10 heteroatoms. The molecule has 0 radical (unpaired) electrons. The van der Waals surface area contributed by atoms with Crippen LogP contribution in [0, 0.1) is 24.2 Å². The molecular weight excluding hydrogens is 526 g/mol. The highest BCUT2D eigenvalue weighted by Crippen LogP contribution is 2.53. The smallest absolute Gasteiger partial charge is 0.324 e. The first-order chi connectivity index (χ1) is 19.5. The van der Waals surface area contributed by atoms with Gasteiger partial charge in [-0.25, -0.2) is 19.7 Å². The normalized spacial score (nSPS) is 19.9. The van der Waals surface area contributed by atoms with Crippen LogP contribution in [0.3, 0.4) is 0 Å². The van der Waals surface area contributed by atoms with Crippen LogP contribution >= 0.6 is 11.6 Å². The molecule has 5 aromatic rings. The fourth-order valence-electron chi connectivity index (χ4n) is 5.98. The first-order valence-electron chi connectivity index (χ1n) is 13.5. The van der Waals surface area contributed by atoms with Crippen molar-refractivity contribution in [2.24, 2.45) is 11.8 Å². The number of pyridine rings is 1. The van der Waals surface area contributed by atoms with Gasteiger partial charge in [-0.15, -0.1) is 12.3 Å². The summed E-state index contributed by atoms with van der Waals surface area (Å²) in [7, 11) is 0. The predicted octanol–water partition coefficient (Wildman–Crippen LogP) is 5.40. The maximum atomic E-state index is 11.8. The van der Waals surface area contributed by atoms with Crippen LogP contribution in [-0.2, 0) is 12.0 Å². The van der Waals surface area contributed by atoms with Crippen molar-refractivity contribution in [2.75, 3.05) is 0 Å². The summed E-state index contributed by atoms with van der Waals surface area (Å²) in [5.74, 6) is 4.35. The van der Waals surface area contributed by atoms with E-state index < -0.39 is 5.76 Å². The van der Waals surface area contributed by atoms with E-state index in [-0.39, 0.29) is 17.1 Å². The number of hydrogen-bond acceptors (Lipinski definition) is 7. The summed E-state index contributed by atoms with van der Waals surface area (Å²) in [5.41, 5.74) is 3.54. The molecule has 1 N–H and O–H groups in total. The third-order valence-electron chi connectivity index (χ3n) is 8.21. The van der Waals surface area contributed by atoms with E-state index in [2.05, 4.69) is 26.7 Å². The molecule has 7 rings (SSSR count). The van der Waals surface area contributed by atoms with Crippen molar-refractivity contribution in [3.63, 3.8) is 0 Å². The van der Waals surface area contributed by atoms with Crippen LogP contribution in [0.2, 0.25) is 5.02 Å². The molecule has 0 spiro atoms. The Morgan fingerprint density at radius 3 is 2.62 bits per heavy atom. The Hall–Kier alpha value is -4.29. The Bertz CT molecular complexity index is 1810. The van der Waals surface area contributed by atoms with Gasteiger partial charge in [-0.05, 0) is 68.7 Å². The standard InChI is InChI=1S/C30H26ClN7O2/c1-2-18-9-11-19(12-10-18)17-38-24-23(20-6-5-7-21(31)16-20)33-26(27-36-29(39)40-37-27)34-25(24)35-28(38)30(13-14-30)22-8-3-4-15-32-22/h1,3-8,15-16,18-19H,9-14,17H2,(H,36,37,39). The quantitative estimate of drug-likeness (QED) is 0.281. The number of halogens is 1. The Morgan fingerprint density at radius 2 is 1.95 bits per heavy atom. The molecule has 0 atom stereocenters. The molecule has 2 fully saturated rings. The number of nitrogens with one attached hydrogen (secondary N) is 1. The average molecular weight is 552 g/mol. The Morgan fingerprint density at radius 1 is 1.10 bits per heavy atom. The minimum absolute atomic E-state index is 0.143. The summed E-state index contributed by atoms with van der Waals surface area (Å²) >= 11 is 6.43. The summed E-state index contributed by atoms with van der Waals surface area (Å²) in [6, 6.07) is 13.6. The lowest BCUT2D eigenvalue weighted by atomic mass is 9.82. The molecule has 0 amide bonds. The monoisotopic (exact) mass is 551 g/mol. The van der Waals surface area contributed by atoms with E-state index in [1.54, 1.807) is 0 Å². The maximum Gasteiger partial charge on any atom is 0.439 e. The molecule has 0 bridgehead atoms. The van der Waals surface area contributed by atoms with Gasteiger partial charge in [-0.2, -0.15) is 0 Å². The molecule has 200 valence electrons. The van der Waals surface area contributed by atoms with Gasteiger partial charge in [-0.3, -0.25) is 14.5 Å². The van der Waals surface area contributed by atoms with E-state index in [4.69, 9.17) is 42.5 Å². The van der Waals surface area contributed by atoms with Crippen molar-refractivity contribution in [1.29, 1.82) is 0 Å². The summed E-state index contributed by atoms with van der Waals surface area (Å²) in [6.45, 7) is 0.773. The van der Waals surface area contributed by atoms with Gasteiger partial charge >= 0.3 is 5.76 Å². The third-order valence-corrected chi connectivity index (χ3v) is 8.44. The van der Waals surface area contributed by atoms with E-state index in [0.29, 0.717) is 28.2 Å². The summed E-state index contributed by atoms with van der Waals surface area (Å²) in [6.07, 6.45) is 13.6. The summed E-state index contributed by atoms with van der Waals surface area (Å²) < 4.78 is 7.06. The Labute approximate surface area is 235 Å². The number of aromatic amines is 1. The van der Waals surface area contributed by atoms with Crippen molar-refractivity contribution < 1.29 is 4.52 Å². The van der Waals surface area contributed by atoms with Gasteiger partial charge in [0.15, 0.2) is 5.65 Å². The van der Waals surface area contributed by atoms with Crippen molar-refractivity contribution in [1.82, 2.24) is 34.6 Å². The minimum atomic E-state index is -0.677. The van der Waals surface area contributed by atoms with Crippen LogP contribution in [0.25, 0.3) is 34.1 Å². The number of benzene rings is 1. The van der Waals surface area contributed by atoms with Crippen LogP contribution in [-0.4, -0.2) is 34.6 Å². The molecular formula is C30H26ClN7O2. The van der Waals surface area contributed by atoms with Crippen LogP contribution in [0.5, 0.6) is 0 Å². The first-order valence-corrected chi connectivity index (χ1v) is 13.9. The third kappa shape index (κ3) is 4.29. The van der Waals surface area contributed by atoms with E-state index in [0.717, 1.165) is 67.7 Å². The number of terminal acetylenes is 1. The van der Waals surface area contributed by atoms with Gasteiger partial charge in [-0.1, -0.05) is 35.0 Å². The lowest BCUT2D eigenvalue weighted by Gasteiger charge is -2.28. The van der Waals surface area contributed by atoms with Gasteiger partial charge < -0.3 is 4.57 Å². The van der Waals surface area contributed by atoms with Crippen molar-refractivity contribution in [2.45, 2.75) is 50.5 Å². The first kappa shape index (κ1) is 24.7. The highest BCUT2D eigenvalue weighted by atomic mass is 35.5. The van der Waals surface area contributed by atoms with E-state index in [1.807, 2.05) is 42.6 Å². The summed E-state index contributed by atoms with van der Waals surface area (Å²) in [5, 5.41) is 4.43. The van der Waals surface area contributed by atoms with Gasteiger partial charge in [0.25, 0.3) is 0 Å². The Balaban J connectivity index is 1.47. The second-order valence-electron chi connectivity index (χ2n) is 10.7. The molecule has 2 saturated carbocycles. The van der Waals surface area contributed by atoms with Crippen molar-refractivity contribution in [3.05, 3.63) is 75.8 Å². The highest BCUT2D eigenvalue weighted by Gasteiger charge is 2.51. The van der Waals surface area contributed by atoms with Crippen molar-refractivity contribution in [3.8, 4) is 35.2 Å². The lowest BCUT2D eigenvalue weighted by molar-refractivity contribution is 0.285. The fraction of sp³-hybridized carbons (Fsp3) is 0.333. The molecule has 0 saturated heterocycles. The zero-order valence-corrected chi connectivity index (χ0v) is 22.4. The zero-order chi connectivity index (χ0) is 27.3. The Kier molecular flexibility index (Phi) is 6.01. The second kappa shape index (κ2) is 9.72. The molecule has 40 heavy (non-hydrogen) atoms. The molecule has 2 aliphatic carbocycles. The van der Waals surface area contributed by atoms with Crippen molar-refractivity contribution >= 4 is 22.8 Å². The number of rotatable bonds is 6. The van der Waals surface area contributed by atoms with Gasteiger partial charge in [0, 0.05) is 29.2 Å². The molecule has 2 aliphatic rings. The van der Waals surface area contributed by atoms with Crippen LogP contribution in [0.15, 0.2) is 58.0 Å². The van der Waals surface area contributed by atoms with E-state index in [9.17, 15) is 4.79 Å². The molecule has 4 heterocycles. The lowest BCUT2D eigenvalue weighted by Crippen LogP contribution is -2.23. The van der Waals surface area contributed by atoms with Crippen LogP contribution in [0.4, 0.5) is 0 Å². The zero-order valence-electron chi connectivity index (χ0n) is 21.7. The van der Waals surface area contributed by atoms with Gasteiger partial charge in [0.1, 0.15) is 17.0 Å². The molecule has 0 unspecified atom stereocenters. The van der Waals surface area contributed by atoms with Crippen LogP contribution in [0.1, 0.15) is 50.0 Å². The van der Waals surface area contributed by atoms with Gasteiger partial charge in [0.2, 0.25) is 11.6 Å². The second-order valence-corrected chi connectivity index (χ2v) is 11.2. The number of fused-ring (bicyclic) bond motifs is 1. The fourth-order valence-corrected chi connectivity index (χ4v) is 6.17. The van der Waals surface area contributed by atoms with E-state index >= 15 is 0 Å². The summed E-state index contributed by atoms with van der Waals surface area (Å²) in [4.78, 5) is 33.9. The minimum Gasteiger partial charge on any atom is -0.324 e. The van der Waals surface area contributed by atoms with E-state index in [1.165, 1.54) is 0 Å². The highest BCUT2D eigenvalue weighted by molar-refractivity contribution is 6.30. The van der Waals surface area contributed by atoms with Crippen LogP contribution < -0.4 is 5.76 Å². The number of nitrogens with zero attached hydrogens (tertiary/aromatic N) is 6. The molecule has 1 aromatic carbocycles. The largest absolute Gasteiger partial charge is 0.439 e. The molecule has 0 aliphatic heterocycles. The number of imidazole rings is 1. The topological polar surface area (TPSA) is 115 Å². The molecule has 9 nitrogen and oxygen atoms in total. The SMILES string of the molecule is C#CC1CCC(Cn2c(C3(c4ccccn4)CC3)nc3nc(-c4noc(=O)[nH]4)nc(-c4cccc(Cl)c4)c32)CC1. The van der Waals surface area contributed by atoms with Gasteiger partial charge in [0.05, 0.1) is 11.1 Å². The number of H-pyrrole nitrogens is 1. The average Bonchev–Trinajstić information content (AvgIpc) is 3.55. The predicted molar refractivity (Wildman–Crippen MR) is 150 cm³/mol.